The summed E-state index contributed by atoms with van der Waals surface area (Å²) in [6.07, 6.45) is 1.31. The minimum Gasteiger partial charge on any atom is -0.444 e. The van der Waals surface area contributed by atoms with E-state index in [4.69, 9.17) is 4.74 Å². The van der Waals surface area contributed by atoms with Gasteiger partial charge in [-0.1, -0.05) is 0 Å². The van der Waals surface area contributed by atoms with Crippen LogP contribution in [0.15, 0.2) is 17.1 Å². The van der Waals surface area contributed by atoms with Gasteiger partial charge < -0.3 is 9.72 Å². The lowest BCUT2D eigenvalue weighted by Crippen LogP contribution is -2.33. The van der Waals surface area contributed by atoms with Crippen LogP contribution in [0.25, 0.3) is 0 Å². The SMILES string of the molecule is CC(C)(C)OC(=O)N1Cc2c[nH]c(=O)cc2C1. The van der Waals surface area contributed by atoms with Crippen molar-refractivity contribution < 1.29 is 9.53 Å². The lowest BCUT2D eigenvalue weighted by atomic mass is 10.2. The monoisotopic (exact) mass is 236 g/mol. The molecule has 5 nitrogen and oxygen atoms in total. The van der Waals surface area contributed by atoms with Crippen molar-refractivity contribution in [2.45, 2.75) is 39.5 Å². The maximum absolute atomic E-state index is 11.8. The number of H-pyrrole nitrogens is 1. The number of fused-ring (bicyclic) bond motifs is 1. The van der Waals surface area contributed by atoms with Crippen LogP contribution in [0, 0.1) is 0 Å². The van der Waals surface area contributed by atoms with E-state index in [0.29, 0.717) is 13.1 Å². The Labute approximate surface area is 99.4 Å². The van der Waals surface area contributed by atoms with E-state index in [1.165, 1.54) is 6.07 Å². The molecule has 1 aliphatic rings. The van der Waals surface area contributed by atoms with Gasteiger partial charge in [0.15, 0.2) is 0 Å². The van der Waals surface area contributed by atoms with Crippen LogP contribution in [0.1, 0.15) is 31.9 Å². The van der Waals surface area contributed by atoms with Gasteiger partial charge in [-0.15, -0.1) is 0 Å². The molecule has 1 N–H and O–H groups in total. The van der Waals surface area contributed by atoms with Crippen molar-refractivity contribution in [3.8, 4) is 0 Å². The first-order valence-corrected chi connectivity index (χ1v) is 5.53. The lowest BCUT2D eigenvalue weighted by molar-refractivity contribution is 0.0242. The molecule has 1 aliphatic heterocycles. The Hall–Kier alpha value is -1.78. The molecule has 0 unspecified atom stereocenters. The van der Waals surface area contributed by atoms with E-state index in [2.05, 4.69) is 4.98 Å². The van der Waals surface area contributed by atoms with Gasteiger partial charge in [-0.2, -0.15) is 0 Å². The summed E-state index contributed by atoms with van der Waals surface area (Å²) >= 11 is 0. The van der Waals surface area contributed by atoms with Gasteiger partial charge in [0.05, 0.1) is 6.54 Å². The first-order valence-electron chi connectivity index (χ1n) is 5.53. The summed E-state index contributed by atoms with van der Waals surface area (Å²) in [6.45, 7) is 6.42. The highest BCUT2D eigenvalue weighted by Gasteiger charge is 2.27. The minimum absolute atomic E-state index is 0.144. The number of hydrogen-bond donors (Lipinski definition) is 1. The molecular formula is C12H16N2O3. The fraction of sp³-hybridized carbons (Fsp3) is 0.500. The largest absolute Gasteiger partial charge is 0.444 e. The Balaban J connectivity index is 2.10. The van der Waals surface area contributed by atoms with Crippen molar-refractivity contribution in [2.24, 2.45) is 0 Å². The molecule has 17 heavy (non-hydrogen) atoms. The topological polar surface area (TPSA) is 62.4 Å². The number of carbonyl (C=O) groups is 1. The average molecular weight is 236 g/mol. The van der Waals surface area contributed by atoms with Crippen LogP contribution >= 0.6 is 0 Å². The fourth-order valence-corrected chi connectivity index (χ4v) is 1.76. The Kier molecular flexibility index (Phi) is 2.69. The molecule has 0 atom stereocenters. The molecule has 2 rings (SSSR count). The maximum Gasteiger partial charge on any atom is 0.410 e. The summed E-state index contributed by atoms with van der Waals surface area (Å²) in [7, 11) is 0. The van der Waals surface area contributed by atoms with Crippen LogP contribution in [0.5, 0.6) is 0 Å². The quantitative estimate of drug-likeness (QED) is 0.744. The normalized spacial score (nSPS) is 14.6. The van der Waals surface area contributed by atoms with E-state index in [0.717, 1.165) is 11.1 Å². The predicted molar refractivity (Wildman–Crippen MR) is 62.5 cm³/mol. The van der Waals surface area contributed by atoms with Crippen LogP contribution in [0.3, 0.4) is 0 Å². The first-order chi connectivity index (χ1) is 7.85. The molecule has 1 aromatic rings. The van der Waals surface area contributed by atoms with E-state index in [1.54, 1.807) is 11.1 Å². The molecule has 5 heteroatoms. The smallest absolute Gasteiger partial charge is 0.410 e. The van der Waals surface area contributed by atoms with E-state index in [-0.39, 0.29) is 11.7 Å². The number of amides is 1. The van der Waals surface area contributed by atoms with Crippen LogP contribution < -0.4 is 5.56 Å². The first kappa shape index (κ1) is 11.7. The molecule has 92 valence electrons. The second-order valence-corrected chi connectivity index (χ2v) is 5.18. The zero-order valence-corrected chi connectivity index (χ0v) is 10.2. The number of nitrogens with zero attached hydrogens (tertiary/aromatic N) is 1. The molecule has 0 aliphatic carbocycles. The lowest BCUT2D eigenvalue weighted by Gasteiger charge is -2.24. The number of ether oxygens (including phenoxy) is 1. The second kappa shape index (κ2) is 3.91. The number of hydrogen-bond acceptors (Lipinski definition) is 3. The molecule has 1 amide bonds. The molecule has 0 saturated heterocycles. The minimum atomic E-state index is -0.498. The molecule has 2 heterocycles. The standard InChI is InChI=1S/C12H16N2O3/c1-12(2,3)17-11(16)14-6-8-4-10(15)13-5-9(8)7-14/h4-5H,6-7H2,1-3H3,(H,13,15). The molecule has 0 radical (unpaired) electrons. The summed E-state index contributed by atoms with van der Waals surface area (Å²) in [4.78, 5) is 27.2. The van der Waals surface area contributed by atoms with Crippen molar-refractivity contribution in [3.05, 3.63) is 33.7 Å². The van der Waals surface area contributed by atoms with Crippen LogP contribution in [0.2, 0.25) is 0 Å². The third-order valence-electron chi connectivity index (χ3n) is 2.48. The zero-order chi connectivity index (χ0) is 12.6. The summed E-state index contributed by atoms with van der Waals surface area (Å²) in [5.74, 6) is 0. The number of aromatic nitrogens is 1. The number of rotatable bonds is 0. The van der Waals surface area contributed by atoms with Crippen LogP contribution in [-0.4, -0.2) is 21.6 Å². The highest BCUT2D eigenvalue weighted by molar-refractivity contribution is 5.69. The number of nitrogens with one attached hydrogen (secondary N) is 1. The fourth-order valence-electron chi connectivity index (χ4n) is 1.76. The summed E-state index contributed by atoms with van der Waals surface area (Å²) in [5.41, 5.74) is 1.21. The average Bonchev–Trinajstić information content (AvgIpc) is 2.57. The zero-order valence-electron chi connectivity index (χ0n) is 10.2. The Bertz CT molecular complexity index is 499. The van der Waals surface area contributed by atoms with Crippen molar-refractivity contribution in [3.63, 3.8) is 0 Å². The number of carbonyl (C=O) groups excluding carboxylic acids is 1. The van der Waals surface area contributed by atoms with Crippen molar-refractivity contribution in [1.29, 1.82) is 0 Å². The van der Waals surface area contributed by atoms with Gasteiger partial charge in [0.1, 0.15) is 5.60 Å². The van der Waals surface area contributed by atoms with Crippen molar-refractivity contribution in [1.82, 2.24) is 9.88 Å². The summed E-state index contributed by atoms with van der Waals surface area (Å²) in [6, 6.07) is 1.53. The van der Waals surface area contributed by atoms with E-state index >= 15 is 0 Å². The van der Waals surface area contributed by atoms with Crippen LogP contribution in [-0.2, 0) is 17.8 Å². The maximum atomic E-state index is 11.8. The number of aromatic amines is 1. The molecule has 0 spiro atoms. The molecule has 1 aromatic heterocycles. The van der Waals surface area contributed by atoms with Gasteiger partial charge in [-0.25, -0.2) is 4.79 Å². The molecule has 0 aromatic carbocycles. The van der Waals surface area contributed by atoms with Gasteiger partial charge in [0.2, 0.25) is 5.56 Å². The third-order valence-corrected chi connectivity index (χ3v) is 2.48. The Morgan fingerprint density at radius 1 is 1.35 bits per heavy atom. The van der Waals surface area contributed by atoms with Gasteiger partial charge in [0.25, 0.3) is 0 Å². The van der Waals surface area contributed by atoms with E-state index < -0.39 is 5.60 Å². The third kappa shape index (κ3) is 2.67. The van der Waals surface area contributed by atoms with Gasteiger partial charge >= 0.3 is 6.09 Å². The summed E-state index contributed by atoms with van der Waals surface area (Å²) in [5, 5.41) is 0. The molecular weight excluding hydrogens is 220 g/mol. The summed E-state index contributed by atoms with van der Waals surface area (Å²) < 4.78 is 5.28. The van der Waals surface area contributed by atoms with E-state index in [1.807, 2.05) is 20.8 Å². The van der Waals surface area contributed by atoms with Crippen LogP contribution in [0.4, 0.5) is 4.79 Å². The predicted octanol–water partition coefficient (Wildman–Crippen LogP) is 1.63. The number of pyridine rings is 1. The van der Waals surface area contributed by atoms with Gasteiger partial charge in [0, 0.05) is 18.8 Å². The van der Waals surface area contributed by atoms with Gasteiger partial charge in [-0.3, -0.25) is 9.69 Å². The Morgan fingerprint density at radius 2 is 2.00 bits per heavy atom. The molecule has 0 saturated carbocycles. The van der Waals surface area contributed by atoms with E-state index in [9.17, 15) is 9.59 Å². The van der Waals surface area contributed by atoms with Crippen molar-refractivity contribution >= 4 is 6.09 Å². The Morgan fingerprint density at radius 3 is 2.65 bits per heavy atom. The van der Waals surface area contributed by atoms with Crippen molar-refractivity contribution in [2.75, 3.05) is 0 Å². The highest BCUT2D eigenvalue weighted by atomic mass is 16.6. The molecule has 0 bridgehead atoms. The highest BCUT2D eigenvalue weighted by Crippen LogP contribution is 2.22. The van der Waals surface area contributed by atoms with Gasteiger partial charge in [-0.05, 0) is 31.9 Å². The second-order valence-electron chi connectivity index (χ2n) is 5.18. The molecule has 0 fully saturated rings.